The van der Waals surface area contributed by atoms with Gasteiger partial charge >= 0.3 is 0 Å². The number of hydrogen-bond donors (Lipinski definition) is 1. The van der Waals surface area contributed by atoms with Crippen molar-refractivity contribution in [3.8, 4) is 0 Å². The van der Waals surface area contributed by atoms with Crippen LogP contribution in [0.2, 0.25) is 5.02 Å². The molecule has 0 bridgehead atoms. The summed E-state index contributed by atoms with van der Waals surface area (Å²) in [5.74, 6) is 1.91. The summed E-state index contributed by atoms with van der Waals surface area (Å²) in [7, 11) is 0. The molecule has 3 nitrogen and oxygen atoms in total. The van der Waals surface area contributed by atoms with Crippen molar-refractivity contribution >= 4 is 22.6 Å². The normalized spacial score (nSPS) is 19.7. The van der Waals surface area contributed by atoms with E-state index >= 15 is 0 Å². The van der Waals surface area contributed by atoms with Gasteiger partial charge in [-0.2, -0.15) is 0 Å². The number of aromatic nitrogens is 2. The lowest BCUT2D eigenvalue weighted by Crippen LogP contribution is -2.14. The molecule has 1 saturated heterocycles. The number of imidazole rings is 1. The Hall–Kier alpha value is -1.06. The van der Waals surface area contributed by atoms with E-state index in [0.717, 1.165) is 30.0 Å². The van der Waals surface area contributed by atoms with E-state index in [1.807, 2.05) is 12.1 Å². The Morgan fingerprint density at radius 3 is 3.00 bits per heavy atom. The number of benzene rings is 1. The van der Waals surface area contributed by atoms with Gasteiger partial charge in [-0.05, 0) is 57.5 Å². The molecule has 1 atom stereocenters. The van der Waals surface area contributed by atoms with Gasteiger partial charge in [0, 0.05) is 17.5 Å². The van der Waals surface area contributed by atoms with Gasteiger partial charge in [0.05, 0.1) is 11.0 Å². The van der Waals surface area contributed by atoms with E-state index in [9.17, 15) is 0 Å². The molecule has 4 heteroatoms. The predicted molar refractivity (Wildman–Crippen MR) is 79.8 cm³/mol. The summed E-state index contributed by atoms with van der Waals surface area (Å²) in [6.07, 6.45) is 2.31. The largest absolute Gasteiger partial charge is 0.325 e. The Kier molecular flexibility index (Phi) is 3.50. The highest BCUT2D eigenvalue weighted by Gasteiger charge is 2.20. The van der Waals surface area contributed by atoms with Crippen LogP contribution in [0.1, 0.15) is 32.1 Å². The summed E-state index contributed by atoms with van der Waals surface area (Å²) in [6, 6.07) is 6.43. The first-order chi connectivity index (χ1) is 9.15. The maximum atomic E-state index is 6.07. The van der Waals surface area contributed by atoms with Crippen LogP contribution in [-0.4, -0.2) is 22.6 Å². The van der Waals surface area contributed by atoms with Gasteiger partial charge < -0.3 is 9.88 Å². The minimum atomic E-state index is 0.426. The number of rotatable bonds is 3. The van der Waals surface area contributed by atoms with E-state index in [2.05, 4.69) is 29.8 Å². The molecule has 0 saturated carbocycles. The van der Waals surface area contributed by atoms with Crippen molar-refractivity contribution in [1.29, 1.82) is 0 Å². The summed E-state index contributed by atoms with van der Waals surface area (Å²) in [5, 5.41) is 4.19. The van der Waals surface area contributed by atoms with Crippen LogP contribution in [-0.2, 0) is 6.42 Å². The topological polar surface area (TPSA) is 29.9 Å². The molecule has 0 radical (unpaired) electrons. The van der Waals surface area contributed by atoms with E-state index in [0.29, 0.717) is 12.0 Å². The lowest BCUT2D eigenvalue weighted by atomic mass is 10.0. The fourth-order valence-corrected chi connectivity index (χ4v) is 3.16. The summed E-state index contributed by atoms with van der Waals surface area (Å²) in [6.45, 7) is 6.68. The van der Waals surface area contributed by atoms with Crippen molar-refractivity contribution in [3.05, 3.63) is 29.0 Å². The van der Waals surface area contributed by atoms with Crippen LogP contribution in [0.3, 0.4) is 0 Å². The van der Waals surface area contributed by atoms with Crippen molar-refractivity contribution in [2.24, 2.45) is 5.92 Å². The summed E-state index contributed by atoms with van der Waals surface area (Å²) >= 11 is 6.07. The Bertz CT molecular complexity index is 582. The molecule has 102 valence electrons. The molecule has 19 heavy (non-hydrogen) atoms. The minimum Gasteiger partial charge on any atom is -0.325 e. The standard InChI is InChI=1S/C15H20ClN3/c1-10(2)19-14-4-3-12(16)8-13(14)18-15(19)7-11-5-6-17-9-11/h3-4,8,10-11,17H,5-7,9H2,1-2H3. The molecule has 1 fully saturated rings. The molecule has 1 aliphatic rings. The molecule has 2 aromatic rings. The summed E-state index contributed by atoms with van der Waals surface area (Å²) < 4.78 is 2.35. The third-order valence-electron chi connectivity index (χ3n) is 3.87. The summed E-state index contributed by atoms with van der Waals surface area (Å²) in [5.41, 5.74) is 2.21. The zero-order chi connectivity index (χ0) is 13.4. The highest BCUT2D eigenvalue weighted by atomic mass is 35.5. The Labute approximate surface area is 119 Å². The van der Waals surface area contributed by atoms with Crippen LogP contribution in [0.5, 0.6) is 0 Å². The fraction of sp³-hybridized carbons (Fsp3) is 0.533. The SMILES string of the molecule is CC(C)n1c(CC2CCNC2)nc2cc(Cl)ccc21. The molecular weight excluding hydrogens is 258 g/mol. The third-order valence-corrected chi connectivity index (χ3v) is 4.11. The molecule has 0 spiro atoms. The second-order valence-electron chi connectivity index (χ2n) is 5.69. The third kappa shape index (κ3) is 2.49. The second kappa shape index (κ2) is 5.14. The molecule has 1 aromatic heterocycles. The first-order valence-electron chi connectivity index (χ1n) is 7.02. The smallest absolute Gasteiger partial charge is 0.110 e. The first-order valence-corrected chi connectivity index (χ1v) is 7.40. The van der Waals surface area contributed by atoms with Crippen LogP contribution in [0.15, 0.2) is 18.2 Å². The van der Waals surface area contributed by atoms with Gasteiger partial charge in [-0.25, -0.2) is 4.98 Å². The minimum absolute atomic E-state index is 0.426. The van der Waals surface area contributed by atoms with Crippen molar-refractivity contribution in [3.63, 3.8) is 0 Å². The number of hydrogen-bond acceptors (Lipinski definition) is 2. The zero-order valence-electron chi connectivity index (χ0n) is 11.5. The average molecular weight is 278 g/mol. The molecule has 1 unspecified atom stereocenters. The quantitative estimate of drug-likeness (QED) is 0.932. The zero-order valence-corrected chi connectivity index (χ0v) is 12.2. The molecule has 1 aromatic carbocycles. The Morgan fingerprint density at radius 1 is 1.47 bits per heavy atom. The van der Waals surface area contributed by atoms with Crippen LogP contribution in [0.25, 0.3) is 11.0 Å². The van der Waals surface area contributed by atoms with Gasteiger partial charge in [0.15, 0.2) is 0 Å². The van der Waals surface area contributed by atoms with Crippen molar-refractivity contribution in [1.82, 2.24) is 14.9 Å². The van der Waals surface area contributed by atoms with E-state index in [1.165, 1.54) is 17.8 Å². The van der Waals surface area contributed by atoms with Crippen LogP contribution < -0.4 is 5.32 Å². The Balaban J connectivity index is 2.03. The summed E-state index contributed by atoms with van der Waals surface area (Å²) in [4.78, 5) is 4.81. The van der Waals surface area contributed by atoms with Crippen LogP contribution >= 0.6 is 11.6 Å². The second-order valence-corrected chi connectivity index (χ2v) is 6.12. The monoisotopic (exact) mass is 277 g/mol. The number of halogens is 1. The van der Waals surface area contributed by atoms with E-state index in [-0.39, 0.29) is 0 Å². The molecular formula is C15H20ClN3. The van der Waals surface area contributed by atoms with E-state index in [1.54, 1.807) is 0 Å². The van der Waals surface area contributed by atoms with E-state index < -0.39 is 0 Å². The van der Waals surface area contributed by atoms with Gasteiger partial charge in [-0.1, -0.05) is 11.6 Å². The average Bonchev–Trinajstić information content (AvgIpc) is 2.95. The molecule has 0 aliphatic carbocycles. The molecule has 2 heterocycles. The lowest BCUT2D eigenvalue weighted by molar-refractivity contribution is 0.514. The molecule has 1 aliphatic heterocycles. The fourth-order valence-electron chi connectivity index (χ4n) is 2.99. The van der Waals surface area contributed by atoms with Gasteiger partial charge in [-0.3, -0.25) is 0 Å². The van der Waals surface area contributed by atoms with Gasteiger partial charge in [0.25, 0.3) is 0 Å². The Morgan fingerprint density at radius 2 is 2.32 bits per heavy atom. The molecule has 3 rings (SSSR count). The van der Waals surface area contributed by atoms with Crippen molar-refractivity contribution in [2.45, 2.75) is 32.7 Å². The van der Waals surface area contributed by atoms with Crippen LogP contribution in [0.4, 0.5) is 0 Å². The predicted octanol–water partition coefficient (Wildman–Crippen LogP) is 3.42. The molecule has 1 N–H and O–H groups in total. The number of fused-ring (bicyclic) bond motifs is 1. The van der Waals surface area contributed by atoms with Crippen LogP contribution in [0, 0.1) is 5.92 Å². The van der Waals surface area contributed by atoms with Crippen molar-refractivity contribution < 1.29 is 0 Å². The highest BCUT2D eigenvalue weighted by molar-refractivity contribution is 6.31. The maximum Gasteiger partial charge on any atom is 0.110 e. The van der Waals surface area contributed by atoms with Gasteiger partial charge in [0.2, 0.25) is 0 Å². The molecule has 0 amide bonds. The first kappa shape index (κ1) is 12.9. The number of nitrogens with one attached hydrogen (secondary N) is 1. The van der Waals surface area contributed by atoms with Gasteiger partial charge in [-0.15, -0.1) is 0 Å². The lowest BCUT2D eigenvalue weighted by Gasteiger charge is -2.15. The number of nitrogens with zero attached hydrogens (tertiary/aromatic N) is 2. The van der Waals surface area contributed by atoms with Gasteiger partial charge in [0.1, 0.15) is 5.82 Å². The van der Waals surface area contributed by atoms with E-state index in [4.69, 9.17) is 16.6 Å². The maximum absolute atomic E-state index is 6.07. The highest BCUT2D eigenvalue weighted by Crippen LogP contribution is 2.26. The van der Waals surface area contributed by atoms with Crippen molar-refractivity contribution in [2.75, 3.05) is 13.1 Å².